The third-order valence-electron chi connectivity index (χ3n) is 5.14. The molecule has 1 aromatic rings. The zero-order chi connectivity index (χ0) is 16.8. The first-order valence-electron chi connectivity index (χ1n) is 9.14. The summed E-state index contributed by atoms with van der Waals surface area (Å²) in [5.41, 5.74) is 7.29. The Morgan fingerprint density at radius 3 is 2.67 bits per heavy atom. The molecule has 0 saturated carbocycles. The molecule has 2 aliphatic heterocycles. The number of nitrogens with two attached hydrogens (primary N) is 1. The molecule has 3 rings (SSSR count). The molecule has 2 aliphatic rings. The molecule has 0 aromatic heterocycles. The number of hydrogen-bond donors (Lipinski definition) is 1. The Morgan fingerprint density at radius 2 is 1.92 bits per heavy atom. The van der Waals surface area contributed by atoms with Gasteiger partial charge < -0.3 is 15.4 Å². The van der Waals surface area contributed by atoms with Crippen molar-refractivity contribution >= 4 is 5.91 Å². The van der Waals surface area contributed by atoms with E-state index >= 15 is 0 Å². The maximum absolute atomic E-state index is 12.8. The largest absolute Gasteiger partial charge is 0.379 e. The highest BCUT2D eigenvalue weighted by atomic mass is 16.5. The van der Waals surface area contributed by atoms with Gasteiger partial charge in [-0.3, -0.25) is 9.69 Å². The van der Waals surface area contributed by atoms with Crippen molar-refractivity contribution in [1.82, 2.24) is 9.80 Å². The van der Waals surface area contributed by atoms with Crippen molar-refractivity contribution in [2.24, 2.45) is 5.73 Å². The Morgan fingerprint density at radius 1 is 1.17 bits per heavy atom. The van der Waals surface area contributed by atoms with E-state index in [4.69, 9.17) is 10.5 Å². The van der Waals surface area contributed by atoms with Crippen molar-refractivity contribution in [3.8, 4) is 0 Å². The molecule has 0 radical (unpaired) electrons. The number of likely N-dealkylation sites (tertiary alicyclic amines) is 1. The third kappa shape index (κ3) is 4.56. The van der Waals surface area contributed by atoms with Gasteiger partial charge >= 0.3 is 0 Å². The van der Waals surface area contributed by atoms with Crippen LogP contribution in [0.25, 0.3) is 0 Å². The molecular formula is C19H29N3O2. The van der Waals surface area contributed by atoms with Crippen LogP contribution in [0, 0.1) is 0 Å². The van der Waals surface area contributed by atoms with E-state index in [-0.39, 0.29) is 11.9 Å². The number of benzene rings is 1. The summed E-state index contributed by atoms with van der Waals surface area (Å²) in [5, 5.41) is 0. The van der Waals surface area contributed by atoms with Crippen LogP contribution in [-0.4, -0.2) is 61.1 Å². The van der Waals surface area contributed by atoms with Gasteiger partial charge in [0.2, 0.25) is 5.91 Å². The van der Waals surface area contributed by atoms with Crippen LogP contribution in [0.5, 0.6) is 0 Å². The monoisotopic (exact) mass is 331 g/mol. The summed E-state index contributed by atoms with van der Waals surface area (Å²) in [6.07, 6.45) is 3.81. The zero-order valence-electron chi connectivity index (χ0n) is 14.4. The summed E-state index contributed by atoms with van der Waals surface area (Å²) >= 11 is 0. The van der Waals surface area contributed by atoms with E-state index in [9.17, 15) is 4.79 Å². The number of nitrogens with zero attached hydrogens (tertiary/aromatic N) is 2. The Hall–Kier alpha value is -1.43. The molecule has 2 saturated heterocycles. The van der Waals surface area contributed by atoms with Crippen LogP contribution in [-0.2, 0) is 9.53 Å². The van der Waals surface area contributed by atoms with Crippen LogP contribution in [0.3, 0.4) is 0 Å². The molecule has 0 spiro atoms. The van der Waals surface area contributed by atoms with Gasteiger partial charge in [-0.2, -0.15) is 0 Å². The van der Waals surface area contributed by atoms with E-state index in [0.717, 1.165) is 57.8 Å². The summed E-state index contributed by atoms with van der Waals surface area (Å²) in [5.74, 6) is 0.198. The van der Waals surface area contributed by atoms with Crippen LogP contribution in [0.2, 0.25) is 0 Å². The number of carbonyl (C=O) groups is 1. The van der Waals surface area contributed by atoms with Crippen molar-refractivity contribution < 1.29 is 9.53 Å². The fraction of sp³-hybridized carbons (Fsp3) is 0.632. The third-order valence-corrected chi connectivity index (χ3v) is 5.14. The van der Waals surface area contributed by atoms with Crippen molar-refractivity contribution in [3.63, 3.8) is 0 Å². The van der Waals surface area contributed by atoms with Crippen molar-refractivity contribution in [1.29, 1.82) is 0 Å². The normalized spacial score (nSPS) is 23.9. The summed E-state index contributed by atoms with van der Waals surface area (Å²) in [6, 6.07) is 10.0. The van der Waals surface area contributed by atoms with Gasteiger partial charge in [0.05, 0.1) is 13.2 Å². The Kier molecular flexibility index (Phi) is 6.24. The van der Waals surface area contributed by atoms with Crippen molar-refractivity contribution in [3.05, 3.63) is 35.9 Å². The number of morpholine rings is 1. The topological polar surface area (TPSA) is 58.8 Å². The smallest absolute Gasteiger partial charge is 0.224 e. The predicted octanol–water partition coefficient (Wildman–Crippen LogP) is 1.79. The standard InChI is InChI=1S/C19H29N3O2/c20-18(16-6-2-1-3-7-16)14-19(23)22-9-5-4-8-17(22)15-21-10-12-24-13-11-21/h1-3,6-7,17-18H,4-5,8-15,20H2. The summed E-state index contributed by atoms with van der Waals surface area (Å²) in [4.78, 5) is 17.3. The van der Waals surface area contributed by atoms with Gasteiger partial charge in [0.15, 0.2) is 0 Å². The molecule has 1 aromatic carbocycles. The van der Waals surface area contributed by atoms with Gasteiger partial charge in [0, 0.05) is 44.7 Å². The average Bonchev–Trinajstić information content (AvgIpc) is 2.63. The van der Waals surface area contributed by atoms with Crippen LogP contribution in [0.1, 0.15) is 37.3 Å². The van der Waals surface area contributed by atoms with Crippen molar-refractivity contribution in [2.75, 3.05) is 39.4 Å². The lowest BCUT2D eigenvalue weighted by Crippen LogP contribution is -2.51. The Labute approximate surface area is 144 Å². The summed E-state index contributed by atoms with van der Waals surface area (Å²) < 4.78 is 5.43. The fourth-order valence-corrected chi connectivity index (χ4v) is 3.72. The molecule has 0 aliphatic carbocycles. The van der Waals surface area contributed by atoms with E-state index in [1.54, 1.807) is 0 Å². The Balaban J connectivity index is 1.58. The first-order valence-corrected chi connectivity index (χ1v) is 9.14. The molecule has 2 heterocycles. The molecule has 24 heavy (non-hydrogen) atoms. The van der Waals surface area contributed by atoms with E-state index in [2.05, 4.69) is 9.80 Å². The molecular weight excluding hydrogens is 302 g/mol. The lowest BCUT2D eigenvalue weighted by Gasteiger charge is -2.40. The first-order chi connectivity index (χ1) is 11.7. The number of carbonyl (C=O) groups excluding carboxylic acids is 1. The second-order valence-electron chi connectivity index (χ2n) is 6.87. The molecule has 2 atom stereocenters. The summed E-state index contributed by atoms with van der Waals surface area (Å²) in [6.45, 7) is 5.40. The zero-order valence-corrected chi connectivity index (χ0v) is 14.4. The number of piperidine rings is 1. The van der Waals surface area contributed by atoms with Gasteiger partial charge in [0.25, 0.3) is 0 Å². The van der Waals surface area contributed by atoms with Crippen LogP contribution < -0.4 is 5.73 Å². The van der Waals surface area contributed by atoms with Crippen LogP contribution in [0.4, 0.5) is 0 Å². The second kappa shape index (κ2) is 8.60. The molecule has 1 amide bonds. The van der Waals surface area contributed by atoms with Crippen molar-refractivity contribution in [2.45, 2.75) is 37.8 Å². The van der Waals surface area contributed by atoms with E-state index in [0.29, 0.717) is 12.5 Å². The highest BCUT2D eigenvalue weighted by Gasteiger charge is 2.29. The molecule has 0 bridgehead atoms. The van der Waals surface area contributed by atoms with Crippen LogP contribution in [0.15, 0.2) is 30.3 Å². The molecule has 2 N–H and O–H groups in total. The summed E-state index contributed by atoms with van der Waals surface area (Å²) in [7, 11) is 0. The van der Waals surface area contributed by atoms with Crippen LogP contribution >= 0.6 is 0 Å². The Bertz CT molecular complexity index is 517. The number of amides is 1. The molecule has 2 unspecified atom stereocenters. The first kappa shape index (κ1) is 17.4. The lowest BCUT2D eigenvalue weighted by atomic mass is 9.98. The van der Waals surface area contributed by atoms with Gasteiger partial charge in [-0.1, -0.05) is 30.3 Å². The average molecular weight is 331 g/mol. The fourth-order valence-electron chi connectivity index (χ4n) is 3.72. The van der Waals surface area contributed by atoms with Gasteiger partial charge in [0.1, 0.15) is 0 Å². The number of ether oxygens (including phenoxy) is 1. The molecule has 132 valence electrons. The number of rotatable bonds is 5. The van der Waals surface area contributed by atoms with Gasteiger partial charge in [-0.05, 0) is 24.8 Å². The van der Waals surface area contributed by atoms with E-state index in [1.165, 1.54) is 6.42 Å². The van der Waals surface area contributed by atoms with E-state index in [1.807, 2.05) is 30.3 Å². The number of hydrogen-bond acceptors (Lipinski definition) is 4. The maximum atomic E-state index is 12.8. The quantitative estimate of drug-likeness (QED) is 0.894. The predicted molar refractivity (Wildman–Crippen MR) is 94.6 cm³/mol. The van der Waals surface area contributed by atoms with Gasteiger partial charge in [-0.15, -0.1) is 0 Å². The minimum Gasteiger partial charge on any atom is -0.379 e. The minimum absolute atomic E-state index is 0.198. The SMILES string of the molecule is NC(CC(=O)N1CCCCC1CN1CCOCC1)c1ccccc1. The molecule has 5 heteroatoms. The lowest BCUT2D eigenvalue weighted by molar-refractivity contribution is -0.136. The highest BCUT2D eigenvalue weighted by molar-refractivity contribution is 5.77. The highest BCUT2D eigenvalue weighted by Crippen LogP contribution is 2.22. The second-order valence-corrected chi connectivity index (χ2v) is 6.87. The van der Waals surface area contributed by atoms with E-state index < -0.39 is 0 Å². The maximum Gasteiger partial charge on any atom is 0.224 e. The minimum atomic E-state index is -0.218. The molecule has 2 fully saturated rings. The molecule has 5 nitrogen and oxygen atoms in total. The van der Waals surface area contributed by atoms with Gasteiger partial charge in [-0.25, -0.2) is 0 Å².